The van der Waals surface area contributed by atoms with Crippen LogP contribution in [0, 0.1) is 11.8 Å². The van der Waals surface area contributed by atoms with Crippen LogP contribution >= 0.6 is 0 Å². The third-order valence-corrected chi connectivity index (χ3v) is 5.68. The first kappa shape index (κ1) is 22.8. The minimum atomic E-state index is -0.681. The van der Waals surface area contributed by atoms with Gasteiger partial charge in [-0.25, -0.2) is 10.1 Å². The SMILES string of the molecule is CC(NC(=O)c1c(N)[nH][n+]2cccnc12)c1nc2cccc(C#CCO)c2c(=O)n1-c1ccccc1. The van der Waals surface area contributed by atoms with Crippen molar-refractivity contribution in [3.05, 3.63) is 94.3 Å². The topological polar surface area (TPSA) is 143 Å². The zero-order valence-corrected chi connectivity index (χ0v) is 19.3. The van der Waals surface area contributed by atoms with E-state index >= 15 is 0 Å². The average molecular weight is 481 g/mol. The predicted octanol–water partition coefficient (Wildman–Crippen LogP) is 1.26. The number of H-pyrrole nitrogens is 1. The molecule has 0 saturated carbocycles. The first-order valence-corrected chi connectivity index (χ1v) is 11.1. The summed E-state index contributed by atoms with van der Waals surface area (Å²) in [4.78, 5) is 36.1. The minimum absolute atomic E-state index is 0.164. The number of hydrogen-bond donors (Lipinski definition) is 4. The van der Waals surface area contributed by atoms with Crippen LogP contribution in [0.25, 0.3) is 22.2 Å². The van der Waals surface area contributed by atoms with Gasteiger partial charge in [-0.15, -0.1) is 4.52 Å². The van der Waals surface area contributed by atoms with E-state index < -0.39 is 11.9 Å². The lowest BCUT2D eigenvalue weighted by Gasteiger charge is -2.19. The normalized spacial score (nSPS) is 11.7. The highest BCUT2D eigenvalue weighted by atomic mass is 16.2. The van der Waals surface area contributed by atoms with E-state index in [1.165, 1.54) is 4.57 Å². The maximum atomic E-state index is 13.8. The highest BCUT2D eigenvalue weighted by Crippen LogP contribution is 2.21. The molecule has 1 amide bonds. The molecule has 0 radical (unpaired) electrons. The molecule has 10 nitrogen and oxygen atoms in total. The monoisotopic (exact) mass is 480 g/mol. The second-order valence-electron chi connectivity index (χ2n) is 8.01. The Balaban J connectivity index is 1.66. The summed E-state index contributed by atoms with van der Waals surface area (Å²) in [6.45, 7) is 1.41. The summed E-state index contributed by atoms with van der Waals surface area (Å²) in [7, 11) is 0. The largest absolute Gasteiger partial charge is 0.384 e. The van der Waals surface area contributed by atoms with E-state index in [1.54, 1.807) is 60.2 Å². The van der Waals surface area contributed by atoms with Crippen LogP contribution in [-0.4, -0.2) is 37.3 Å². The Morgan fingerprint density at radius 1 is 1.22 bits per heavy atom. The molecule has 178 valence electrons. The molecule has 0 saturated heterocycles. The number of anilines is 1. The van der Waals surface area contributed by atoms with Gasteiger partial charge in [0, 0.05) is 11.6 Å². The molecule has 3 aromatic heterocycles. The fourth-order valence-electron chi connectivity index (χ4n) is 4.11. The third-order valence-electron chi connectivity index (χ3n) is 5.68. The molecule has 0 bridgehead atoms. The summed E-state index contributed by atoms with van der Waals surface area (Å²) >= 11 is 0. The molecule has 5 N–H and O–H groups in total. The smallest absolute Gasteiger partial charge is 0.362 e. The molecule has 5 aromatic rings. The molecule has 10 heteroatoms. The second-order valence-corrected chi connectivity index (χ2v) is 8.01. The Kier molecular flexibility index (Phi) is 5.90. The van der Waals surface area contributed by atoms with Crippen LogP contribution in [0.5, 0.6) is 0 Å². The number of fused-ring (bicyclic) bond motifs is 2. The van der Waals surface area contributed by atoms with Crippen LogP contribution in [0.2, 0.25) is 0 Å². The van der Waals surface area contributed by atoms with Crippen molar-refractivity contribution in [3.63, 3.8) is 0 Å². The maximum absolute atomic E-state index is 13.8. The Bertz CT molecular complexity index is 1730. The molecule has 2 aromatic carbocycles. The number of carbonyl (C=O) groups excluding carboxylic acids is 1. The molecule has 1 atom stereocenters. The van der Waals surface area contributed by atoms with Crippen molar-refractivity contribution in [3.8, 4) is 17.5 Å². The Hall–Kier alpha value is -5.01. The lowest BCUT2D eigenvalue weighted by molar-refractivity contribution is -0.577. The number of aliphatic hydroxyl groups excluding tert-OH is 1. The molecule has 0 aliphatic rings. The van der Waals surface area contributed by atoms with Crippen molar-refractivity contribution in [2.75, 3.05) is 12.3 Å². The van der Waals surface area contributed by atoms with Gasteiger partial charge in [-0.05, 0) is 36.2 Å². The number of benzene rings is 2. The fourth-order valence-corrected chi connectivity index (χ4v) is 4.11. The quantitative estimate of drug-likeness (QED) is 0.225. The molecule has 5 rings (SSSR count). The van der Waals surface area contributed by atoms with E-state index in [1.807, 2.05) is 18.2 Å². The number of nitrogens with two attached hydrogens (primary N) is 1. The summed E-state index contributed by atoms with van der Waals surface area (Å²) in [6, 6.07) is 15.2. The summed E-state index contributed by atoms with van der Waals surface area (Å²) < 4.78 is 3.01. The van der Waals surface area contributed by atoms with Gasteiger partial charge in [-0.2, -0.15) is 0 Å². The summed E-state index contributed by atoms with van der Waals surface area (Å²) in [5.74, 6) is 5.45. The lowest BCUT2D eigenvalue weighted by atomic mass is 10.1. The zero-order valence-electron chi connectivity index (χ0n) is 19.3. The van der Waals surface area contributed by atoms with Gasteiger partial charge >= 0.3 is 5.65 Å². The molecule has 0 fully saturated rings. The third kappa shape index (κ3) is 3.93. The molecule has 36 heavy (non-hydrogen) atoms. The van der Waals surface area contributed by atoms with Crippen molar-refractivity contribution in [2.45, 2.75) is 13.0 Å². The van der Waals surface area contributed by atoms with Gasteiger partial charge in [0.1, 0.15) is 24.8 Å². The first-order valence-electron chi connectivity index (χ1n) is 11.1. The van der Waals surface area contributed by atoms with Gasteiger partial charge in [0.2, 0.25) is 0 Å². The van der Waals surface area contributed by atoms with E-state index in [0.717, 1.165) is 0 Å². The molecule has 3 heterocycles. The Morgan fingerprint density at radius 3 is 2.81 bits per heavy atom. The molecule has 0 aliphatic carbocycles. The fraction of sp³-hybridized carbons (Fsp3) is 0.115. The number of rotatable bonds is 4. The second kappa shape index (κ2) is 9.32. The van der Waals surface area contributed by atoms with Crippen molar-refractivity contribution in [1.82, 2.24) is 25.0 Å². The lowest BCUT2D eigenvalue weighted by Crippen LogP contribution is -2.34. The molecule has 1 unspecified atom stereocenters. The summed E-state index contributed by atoms with van der Waals surface area (Å²) in [5, 5.41) is 15.3. The van der Waals surface area contributed by atoms with E-state index in [2.05, 4.69) is 27.2 Å². The van der Waals surface area contributed by atoms with E-state index in [-0.39, 0.29) is 23.5 Å². The number of aromatic amines is 1. The van der Waals surface area contributed by atoms with Gasteiger partial charge in [-0.3, -0.25) is 14.2 Å². The zero-order chi connectivity index (χ0) is 25.2. The number of hydrogen-bond acceptors (Lipinski definition) is 6. The number of nitrogen functional groups attached to an aromatic ring is 1. The van der Waals surface area contributed by atoms with Crippen LogP contribution < -0.4 is 21.1 Å². The predicted molar refractivity (Wildman–Crippen MR) is 133 cm³/mol. The first-order chi connectivity index (χ1) is 17.5. The molecule has 0 aliphatic heterocycles. The van der Waals surface area contributed by atoms with Crippen LogP contribution in [0.4, 0.5) is 5.82 Å². The molecular formula is C26H22N7O3+. The van der Waals surface area contributed by atoms with Crippen molar-refractivity contribution in [1.29, 1.82) is 0 Å². The summed E-state index contributed by atoms with van der Waals surface area (Å²) in [6.07, 6.45) is 3.27. The van der Waals surface area contributed by atoms with Crippen molar-refractivity contribution in [2.24, 2.45) is 0 Å². The minimum Gasteiger partial charge on any atom is -0.384 e. The van der Waals surface area contributed by atoms with Crippen LogP contribution in [0.3, 0.4) is 0 Å². The van der Waals surface area contributed by atoms with Crippen LogP contribution in [0.1, 0.15) is 34.7 Å². The molecular weight excluding hydrogens is 458 g/mol. The van der Waals surface area contributed by atoms with Gasteiger partial charge < -0.3 is 16.2 Å². The summed E-state index contributed by atoms with van der Waals surface area (Å²) in [5.41, 5.74) is 7.77. The number of nitrogens with one attached hydrogen (secondary N) is 2. The number of aromatic nitrogens is 5. The number of nitrogens with zero attached hydrogens (tertiary/aromatic N) is 4. The molecule has 0 spiro atoms. The number of para-hydroxylation sites is 1. The van der Waals surface area contributed by atoms with Crippen molar-refractivity contribution < 1.29 is 14.4 Å². The Labute approximate surface area is 205 Å². The number of carbonyl (C=O) groups is 1. The van der Waals surface area contributed by atoms with E-state index in [0.29, 0.717) is 33.6 Å². The number of amides is 1. The number of aliphatic hydroxyl groups is 1. The highest BCUT2D eigenvalue weighted by molar-refractivity contribution is 6.03. The van der Waals surface area contributed by atoms with Crippen molar-refractivity contribution >= 4 is 28.3 Å². The highest BCUT2D eigenvalue weighted by Gasteiger charge is 2.27. The standard InChI is InChI=1S/C26H21N7O3/c1-16(29-25(35)21-22(27)31-32-14-7-13-28-24(21)32)23-30-19-12-5-8-17(9-6-15-34)20(19)26(36)33(23)18-10-3-2-4-11-18/h2-5,7-8,10-14,16,34H,15H2,1H3,(H3,27,29,31,35)/p+1. The van der Waals surface area contributed by atoms with E-state index in [4.69, 9.17) is 15.8 Å². The van der Waals surface area contributed by atoms with E-state index in [9.17, 15) is 9.59 Å². The van der Waals surface area contributed by atoms with Gasteiger partial charge in [0.05, 0.1) is 22.6 Å². The van der Waals surface area contributed by atoms with Gasteiger partial charge in [-0.1, -0.05) is 36.1 Å². The Morgan fingerprint density at radius 2 is 2.03 bits per heavy atom. The van der Waals surface area contributed by atoms with Gasteiger partial charge in [0.15, 0.2) is 11.4 Å². The van der Waals surface area contributed by atoms with Gasteiger partial charge in [0.25, 0.3) is 11.5 Å². The average Bonchev–Trinajstić information content (AvgIpc) is 3.23. The van der Waals surface area contributed by atoms with Crippen LogP contribution in [-0.2, 0) is 0 Å². The van der Waals surface area contributed by atoms with Crippen LogP contribution in [0.15, 0.2) is 71.8 Å². The maximum Gasteiger partial charge on any atom is 0.362 e.